The summed E-state index contributed by atoms with van der Waals surface area (Å²) in [6, 6.07) is 14.1. The molecule has 3 aromatic rings. The number of hydrogen-bond donors (Lipinski definition) is 1. The molecule has 3 aliphatic rings. The van der Waals surface area contributed by atoms with Crippen LogP contribution in [0.3, 0.4) is 0 Å². The number of carbonyl (C=O) groups excluding carboxylic acids is 1. The fourth-order valence-electron chi connectivity index (χ4n) is 6.16. The van der Waals surface area contributed by atoms with Gasteiger partial charge in [0.1, 0.15) is 16.9 Å². The van der Waals surface area contributed by atoms with Crippen LogP contribution in [0.5, 0.6) is 5.75 Å². The van der Waals surface area contributed by atoms with E-state index >= 15 is 0 Å². The van der Waals surface area contributed by atoms with Crippen LogP contribution < -0.4 is 9.64 Å². The quantitative estimate of drug-likeness (QED) is 0.568. The Morgan fingerprint density at radius 2 is 1.74 bits per heavy atom. The number of aryl methyl sites for hydroxylation is 1. The number of aliphatic hydroxyl groups is 1. The van der Waals surface area contributed by atoms with E-state index in [9.17, 15) is 9.90 Å². The Balaban J connectivity index is 1.26. The van der Waals surface area contributed by atoms with Crippen molar-refractivity contribution in [2.75, 3.05) is 31.1 Å². The maximum atomic E-state index is 13.4. The van der Waals surface area contributed by atoms with Gasteiger partial charge in [0.15, 0.2) is 5.76 Å². The SMILES string of the molecule is Cc1c(C(=O)N2CCN(c3ccccc3)CC2)oc2ccc3c(c12)[C@H](O)CC1(CCCCC1)O3. The Hall–Kier alpha value is -2.99. The van der Waals surface area contributed by atoms with Crippen LogP contribution in [0.4, 0.5) is 5.69 Å². The highest BCUT2D eigenvalue weighted by Gasteiger charge is 2.42. The summed E-state index contributed by atoms with van der Waals surface area (Å²) in [7, 11) is 0. The van der Waals surface area contributed by atoms with Gasteiger partial charge in [-0.05, 0) is 56.9 Å². The molecule has 1 N–H and O–H groups in total. The van der Waals surface area contributed by atoms with Crippen LogP contribution in [0.15, 0.2) is 46.9 Å². The van der Waals surface area contributed by atoms with Gasteiger partial charge in [0, 0.05) is 54.8 Å². The molecule has 1 saturated carbocycles. The normalized spacial score (nSPS) is 22.0. The summed E-state index contributed by atoms with van der Waals surface area (Å²) < 4.78 is 12.6. The van der Waals surface area contributed by atoms with Crippen molar-refractivity contribution < 1.29 is 19.1 Å². The first-order valence-corrected chi connectivity index (χ1v) is 12.6. The predicted octanol–water partition coefficient (Wildman–Crippen LogP) is 5.22. The lowest BCUT2D eigenvalue weighted by molar-refractivity contribution is -0.0373. The molecule has 34 heavy (non-hydrogen) atoms. The molecule has 6 heteroatoms. The molecule has 6 nitrogen and oxygen atoms in total. The molecule has 0 unspecified atom stereocenters. The van der Waals surface area contributed by atoms with Gasteiger partial charge in [-0.1, -0.05) is 24.6 Å². The van der Waals surface area contributed by atoms with E-state index in [0.29, 0.717) is 30.9 Å². The Morgan fingerprint density at radius 3 is 2.47 bits per heavy atom. The standard InChI is InChI=1S/C28H32N2O4/c1-19-24-22(10-11-23-25(24)21(31)18-28(34-23)12-6-3-7-13-28)33-26(19)27(32)30-16-14-29(15-17-30)20-8-4-2-5-9-20/h2,4-5,8-11,21,31H,3,6-7,12-18H2,1H3/t21-/m1/s1. The highest BCUT2D eigenvalue weighted by atomic mass is 16.5. The lowest BCUT2D eigenvalue weighted by Crippen LogP contribution is -2.48. The number of piperazine rings is 1. The number of nitrogens with zero attached hydrogens (tertiary/aromatic N) is 2. The van der Waals surface area contributed by atoms with E-state index in [1.807, 2.05) is 42.2 Å². The Kier molecular flexibility index (Phi) is 5.29. The van der Waals surface area contributed by atoms with Gasteiger partial charge in [-0.3, -0.25) is 4.79 Å². The molecule has 6 rings (SSSR count). The summed E-state index contributed by atoms with van der Waals surface area (Å²) in [6.45, 7) is 4.81. The number of rotatable bonds is 2. The molecule has 1 aliphatic carbocycles. The number of ether oxygens (including phenoxy) is 1. The molecule has 0 radical (unpaired) electrons. The first-order chi connectivity index (χ1) is 16.5. The fraction of sp³-hybridized carbons (Fsp3) is 0.464. The number of aliphatic hydroxyl groups excluding tert-OH is 1. The van der Waals surface area contributed by atoms with Gasteiger partial charge in [0.2, 0.25) is 0 Å². The van der Waals surface area contributed by atoms with Crippen molar-refractivity contribution in [3.8, 4) is 5.75 Å². The van der Waals surface area contributed by atoms with E-state index in [1.165, 1.54) is 12.1 Å². The van der Waals surface area contributed by atoms with Gasteiger partial charge in [0.25, 0.3) is 5.91 Å². The Morgan fingerprint density at radius 1 is 1.00 bits per heavy atom. The van der Waals surface area contributed by atoms with Crippen molar-refractivity contribution in [3.05, 3.63) is 59.4 Å². The summed E-state index contributed by atoms with van der Waals surface area (Å²) in [5.41, 5.74) is 3.15. The van der Waals surface area contributed by atoms with Crippen LogP contribution in [-0.4, -0.2) is 47.7 Å². The van der Waals surface area contributed by atoms with Crippen LogP contribution in [0, 0.1) is 6.92 Å². The van der Waals surface area contributed by atoms with Gasteiger partial charge >= 0.3 is 0 Å². The third-order valence-electron chi connectivity index (χ3n) is 7.97. The van der Waals surface area contributed by atoms with E-state index in [-0.39, 0.29) is 11.5 Å². The second-order valence-corrected chi connectivity index (χ2v) is 10.1. The first-order valence-electron chi connectivity index (χ1n) is 12.6. The molecule has 1 saturated heterocycles. The van der Waals surface area contributed by atoms with Gasteiger partial charge in [-0.2, -0.15) is 0 Å². The van der Waals surface area contributed by atoms with E-state index in [0.717, 1.165) is 61.0 Å². The average molecular weight is 461 g/mol. The zero-order valence-electron chi connectivity index (χ0n) is 19.8. The minimum absolute atomic E-state index is 0.0786. The molecular formula is C28H32N2O4. The van der Waals surface area contributed by atoms with E-state index in [2.05, 4.69) is 17.0 Å². The maximum Gasteiger partial charge on any atom is 0.290 e. The average Bonchev–Trinajstić information content (AvgIpc) is 3.21. The van der Waals surface area contributed by atoms with Crippen molar-refractivity contribution in [1.29, 1.82) is 0 Å². The van der Waals surface area contributed by atoms with Crippen LogP contribution >= 0.6 is 0 Å². The summed E-state index contributed by atoms with van der Waals surface area (Å²) >= 11 is 0. The zero-order chi connectivity index (χ0) is 23.3. The second kappa shape index (κ2) is 8.35. The molecule has 1 spiro atoms. The number of carbonyl (C=O) groups is 1. The van der Waals surface area contributed by atoms with Crippen molar-refractivity contribution in [1.82, 2.24) is 4.90 Å². The minimum atomic E-state index is -0.612. The molecule has 2 aromatic carbocycles. The number of fused-ring (bicyclic) bond motifs is 3. The minimum Gasteiger partial charge on any atom is -0.487 e. The molecule has 178 valence electrons. The predicted molar refractivity (Wildman–Crippen MR) is 132 cm³/mol. The molecule has 2 aliphatic heterocycles. The van der Waals surface area contributed by atoms with Crippen LogP contribution in [-0.2, 0) is 0 Å². The van der Waals surface area contributed by atoms with E-state index in [4.69, 9.17) is 9.15 Å². The number of para-hydroxylation sites is 1. The summed E-state index contributed by atoms with van der Waals surface area (Å²) in [5, 5.41) is 12.0. The molecule has 0 bridgehead atoms. The summed E-state index contributed by atoms with van der Waals surface area (Å²) in [4.78, 5) is 17.6. The highest BCUT2D eigenvalue weighted by molar-refractivity contribution is 6.00. The molecule has 2 fully saturated rings. The van der Waals surface area contributed by atoms with Gasteiger partial charge in [0.05, 0.1) is 6.10 Å². The van der Waals surface area contributed by atoms with Crippen molar-refractivity contribution in [2.45, 2.75) is 57.2 Å². The first kappa shape index (κ1) is 21.5. The third-order valence-corrected chi connectivity index (χ3v) is 7.97. The Bertz CT molecular complexity index is 1200. The topological polar surface area (TPSA) is 66.2 Å². The van der Waals surface area contributed by atoms with Gasteiger partial charge in [-0.25, -0.2) is 0 Å². The lowest BCUT2D eigenvalue weighted by Gasteiger charge is -2.43. The smallest absolute Gasteiger partial charge is 0.290 e. The van der Waals surface area contributed by atoms with Crippen LogP contribution in [0.2, 0.25) is 0 Å². The van der Waals surface area contributed by atoms with Crippen molar-refractivity contribution >= 4 is 22.6 Å². The number of anilines is 1. The molecular weight excluding hydrogens is 428 g/mol. The fourth-order valence-corrected chi connectivity index (χ4v) is 6.16. The van der Waals surface area contributed by atoms with Crippen LogP contribution in [0.1, 0.15) is 66.3 Å². The van der Waals surface area contributed by atoms with Crippen LogP contribution in [0.25, 0.3) is 11.0 Å². The van der Waals surface area contributed by atoms with Crippen molar-refractivity contribution in [2.24, 2.45) is 0 Å². The monoisotopic (exact) mass is 460 g/mol. The van der Waals surface area contributed by atoms with Crippen molar-refractivity contribution in [3.63, 3.8) is 0 Å². The number of hydrogen-bond acceptors (Lipinski definition) is 5. The molecule has 1 aromatic heterocycles. The summed E-state index contributed by atoms with van der Waals surface area (Å²) in [6.07, 6.45) is 5.50. The molecule has 1 atom stereocenters. The number of benzene rings is 2. The second-order valence-electron chi connectivity index (χ2n) is 10.1. The number of amides is 1. The largest absolute Gasteiger partial charge is 0.487 e. The molecule has 1 amide bonds. The number of furan rings is 1. The van der Waals surface area contributed by atoms with E-state index in [1.54, 1.807) is 0 Å². The van der Waals surface area contributed by atoms with Gasteiger partial charge in [-0.15, -0.1) is 0 Å². The molecule has 3 heterocycles. The summed E-state index contributed by atoms with van der Waals surface area (Å²) in [5.74, 6) is 1.04. The van der Waals surface area contributed by atoms with E-state index < -0.39 is 6.10 Å². The maximum absolute atomic E-state index is 13.4. The highest BCUT2D eigenvalue weighted by Crippen LogP contribution is 2.49. The van der Waals surface area contributed by atoms with Gasteiger partial charge < -0.3 is 24.1 Å². The third kappa shape index (κ3) is 3.56. The Labute approximate surface area is 200 Å². The zero-order valence-corrected chi connectivity index (χ0v) is 19.8. The lowest BCUT2D eigenvalue weighted by atomic mass is 9.77.